The van der Waals surface area contributed by atoms with Gasteiger partial charge in [0.05, 0.1) is 11.4 Å². The lowest BCUT2D eigenvalue weighted by Crippen LogP contribution is -2.24. The van der Waals surface area contributed by atoms with Gasteiger partial charge >= 0.3 is 0 Å². The topological polar surface area (TPSA) is 26.0 Å². The zero-order valence-electron chi connectivity index (χ0n) is 24.1. The number of benzene rings is 4. The number of hydrogen-bond donors (Lipinski definition) is 0. The third-order valence-corrected chi connectivity index (χ3v) is 7.87. The van der Waals surface area contributed by atoms with E-state index in [1.807, 2.05) is 0 Å². The van der Waals surface area contributed by atoms with Gasteiger partial charge in [-0.05, 0) is 41.1 Å². The first-order chi connectivity index (χ1) is 20.2. The molecule has 0 aliphatic heterocycles. The van der Waals surface area contributed by atoms with Crippen LogP contribution in [0.1, 0.15) is 36.6 Å². The van der Waals surface area contributed by atoms with Gasteiger partial charge in [0.15, 0.2) is 0 Å². The van der Waals surface area contributed by atoms with Crippen LogP contribution in [0.5, 0.6) is 0 Å². The minimum absolute atomic E-state index is 0.801. The summed E-state index contributed by atoms with van der Waals surface area (Å²) in [5, 5.41) is 1.29. The second-order valence-corrected chi connectivity index (χ2v) is 10.9. The average Bonchev–Trinajstić information content (AvgIpc) is 3.57. The predicted octanol–water partition coefficient (Wildman–Crippen LogP) is 8.71. The number of unbranched alkanes of at least 4 members (excludes halogenated alkanes) is 1. The molecule has 2 heterocycles. The van der Waals surface area contributed by atoms with Gasteiger partial charge in [0, 0.05) is 56.1 Å². The molecule has 0 saturated carbocycles. The number of aryl methyl sites for hydroxylation is 1. The van der Waals surface area contributed by atoms with Crippen molar-refractivity contribution in [2.75, 3.05) is 0 Å². The van der Waals surface area contributed by atoms with Crippen LogP contribution in [0, 0.1) is 0 Å². The van der Waals surface area contributed by atoms with Gasteiger partial charge in [-0.3, -0.25) is 4.90 Å². The third-order valence-electron chi connectivity index (χ3n) is 7.87. The van der Waals surface area contributed by atoms with Crippen molar-refractivity contribution >= 4 is 10.9 Å². The molecule has 0 atom stereocenters. The van der Waals surface area contributed by atoms with Crippen molar-refractivity contribution in [1.29, 1.82) is 0 Å². The minimum Gasteiger partial charge on any atom is -0.351 e. The molecular formula is C37H38N4. The summed E-state index contributed by atoms with van der Waals surface area (Å²) in [7, 11) is 2.11. The van der Waals surface area contributed by atoms with Crippen molar-refractivity contribution < 1.29 is 0 Å². The molecule has 0 unspecified atom stereocenters. The van der Waals surface area contributed by atoms with Gasteiger partial charge in [-0.2, -0.15) is 0 Å². The Hall–Kier alpha value is -4.41. The molecule has 0 amide bonds. The standard InChI is InChI=1S/C37H38N4/c1-3-4-23-41-35(36(31-16-10-6-11-17-31)38-37(41)32-18-12-7-13-19-32)28-40(26-29-14-8-5-9-15-29)27-30-20-21-34-33(25-30)22-24-39(34)2/h5-22,24-25H,3-4,23,26-28H2,1-2H3. The second kappa shape index (κ2) is 12.4. The van der Waals surface area contributed by atoms with E-state index in [4.69, 9.17) is 4.98 Å². The van der Waals surface area contributed by atoms with Gasteiger partial charge in [-0.15, -0.1) is 0 Å². The van der Waals surface area contributed by atoms with E-state index in [1.54, 1.807) is 0 Å². The Morgan fingerprint density at radius 2 is 1.34 bits per heavy atom. The molecular weight excluding hydrogens is 500 g/mol. The van der Waals surface area contributed by atoms with Crippen LogP contribution in [0.4, 0.5) is 0 Å². The monoisotopic (exact) mass is 538 g/mol. The molecule has 4 nitrogen and oxygen atoms in total. The average molecular weight is 539 g/mol. The fraction of sp³-hybridized carbons (Fsp3) is 0.216. The van der Waals surface area contributed by atoms with E-state index in [0.717, 1.165) is 56.1 Å². The molecule has 0 aliphatic rings. The Labute approximate surface area is 243 Å². The Bertz CT molecular complexity index is 1700. The smallest absolute Gasteiger partial charge is 0.140 e. The maximum Gasteiger partial charge on any atom is 0.140 e. The molecule has 6 rings (SSSR count). The Balaban J connectivity index is 1.45. The van der Waals surface area contributed by atoms with Crippen molar-refractivity contribution in [2.24, 2.45) is 7.05 Å². The predicted molar refractivity (Wildman–Crippen MR) is 170 cm³/mol. The van der Waals surface area contributed by atoms with Crippen molar-refractivity contribution in [3.05, 3.63) is 138 Å². The second-order valence-electron chi connectivity index (χ2n) is 10.9. The highest BCUT2D eigenvalue weighted by Gasteiger charge is 2.22. The number of imidazole rings is 1. The maximum atomic E-state index is 5.35. The zero-order valence-corrected chi connectivity index (χ0v) is 24.1. The molecule has 206 valence electrons. The minimum atomic E-state index is 0.801. The first kappa shape index (κ1) is 26.8. The number of hydrogen-bond acceptors (Lipinski definition) is 2. The van der Waals surface area contributed by atoms with Crippen LogP contribution in [-0.2, 0) is 33.2 Å². The van der Waals surface area contributed by atoms with Crippen LogP contribution in [-0.4, -0.2) is 19.0 Å². The van der Waals surface area contributed by atoms with Crippen molar-refractivity contribution in [3.8, 4) is 22.6 Å². The number of rotatable bonds is 11. The summed E-state index contributed by atoms with van der Waals surface area (Å²) < 4.78 is 4.67. The number of fused-ring (bicyclic) bond motifs is 1. The lowest BCUT2D eigenvalue weighted by molar-refractivity contribution is 0.241. The largest absolute Gasteiger partial charge is 0.351 e. The molecule has 0 radical (unpaired) electrons. The molecule has 0 bridgehead atoms. The van der Waals surface area contributed by atoms with E-state index in [9.17, 15) is 0 Å². The first-order valence-corrected chi connectivity index (χ1v) is 14.7. The fourth-order valence-electron chi connectivity index (χ4n) is 5.75. The Morgan fingerprint density at radius 1 is 0.683 bits per heavy atom. The zero-order chi connectivity index (χ0) is 28.0. The normalized spacial score (nSPS) is 11.5. The molecule has 0 aliphatic carbocycles. The number of aromatic nitrogens is 3. The summed E-state index contributed by atoms with van der Waals surface area (Å²) in [6.07, 6.45) is 4.39. The molecule has 0 N–H and O–H groups in total. The quantitative estimate of drug-likeness (QED) is 0.165. The summed E-state index contributed by atoms with van der Waals surface area (Å²) in [4.78, 5) is 7.92. The molecule has 0 fully saturated rings. The SMILES string of the molecule is CCCCn1c(-c2ccccc2)nc(-c2ccccc2)c1CN(Cc1ccccc1)Cc1ccc2c(ccn2C)c1. The van der Waals surface area contributed by atoms with E-state index in [-0.39, 0.29) is 0 Å². The highest BCUT2D eigenvalue weighted by molar-refractivity contribution is 5.80. The van der Waals surface area contributed by atoms with Crippen LogP contribution < -0.4 is 0 Å². The number of nitrogens with zero attached hydrogens (tertiary/aromatic N) is 4. The summed E-state index contributed by atoms with van der Waals surface area (Å²) in [5.41, 5.74) is 8.59. The van der Waals surface area contributed by atoms with Gasteiger partial charge < -0.3 is 9.13 Å². The molecule has 0 spiro atoms. The van der Waals surface area contributed by atoms with E-state index < -0.39 is 0 Å². The van der Waals surface area contributed by atoms with Crippen LogP contribution in [0.25, 0.3) is 33.5 Å². The van der Waals surface area contributed by atoms with Gasteiger partial charge in [0.25, 0.3) is 0 Å². The maximum absolute atomic E-state index is 5.35. The van der Waals surface area contributed by atoms with E-state index in [1.165, 1.54) is 33.3 Å². The van der Waals surface area contributed by atoms with Crippen molar-refractivity contribution in [2.45, 2.75) is 45.9 Å². The van der Waals surface area contributed by atoms with Gasteiger partial charge in [0.2, 0.25) is 0 Å². The summed E-state index contributed by atoms with van der Waals surface area (Å²) in [5.74, 6) is 1.05. The Kier molecular flexibility index (Phi) is 8.11. The van der Waals surface area contributed by atoms with Gasteiger partial charge in [-0.25, -0.2) is 4.98 Å². The lowest BCUT2D eigenvalue weighted by Gasteiger charge is -2.25. The molecule has 2 aromatic heterocycles. The highest BCUT2D eigenvalue weighted by Crippen LogP contribution is 2.32. The lowest BCUT2D eigenvalue weighted by atomic mass is 10.1. The first-order valence-electron chi connectivity index (χ1n) is 14.7. The summed E-state index contributed by atoms with van der Waals surface area (Å²) >= 11 is 0. The molecule has 41 heavy (non-hydrogen) atoms. The third kappa shape index (κ3) is 6.03. The molecule has 0 saturated heterocycles. The van der Waals surface area contributed by atoms with Crippen molar-refractivity contribution in [3.63, 3.8) is 0 Å². The van der Waals surface area contributed by atoms with E-state index >= 15 is 0 Å². The molecule has 6 aromatic rings. The summed E-state index contributed by atoms with van der Waals surface area (Å²) in [6.45, 7) is 5.73. The fourth-order valence-corrected chi connectivity index (χ4v) is 5.75. The van der Waals surface area contributed by atoms with Crippen molar-refractivity contribution in [1.82, 2.24) is 19.0 Å². The van der Waals surface area contributed by atoms with Crippen LogP contribution in [0.2, 0.25) is 0 Å². The Morgan fingerprint density at radius 3 is 2.05 bits per heavy atom. The molecule has 4 heteroatoms. The van der Waals surface area contributed by atoms with Gasteiger partial charge in [0.1, 0.15) is 5.82 Å². The highest BCUT2D eigenvalue weighted by atomic mass is 15.2. The summed E-state index contributed by atoms with van der Waals surface area (Å²) in [6, 6.07) is 41.3. The van der Waals surface area contributed by atoms with E-state index in [0.29, 0.717) is 0 Å². The van der Waals surface area contributed by atoms with Crippen LogP contribution >= 0.6 is 0 Å². The molecule has 4 aromatic carbocycles. The van der Waals surface area contributed by atoms with Crippen LogP contribution in [0.15, 0.2) is 121 Å². The van der Waals surface area contributed by atoms with Crippen LogP contribution in [0.3, 0.4) is 0 Å². The van der Waals surface area contributed by atoms with E-state index in [2.05, 4.69) is 149 Å². The van der Waals surface area contributed by atoms with Gasteiger partial charge in [-0.1, -0.05) is 110 Å².